The molecule has 1 unspecified atom stereocenters. The highest BCUT2D eigenvalue weighted by atomic mass is 19.4. The summed E-state index contributed by atoms with van der Waals surface area (Å²) in [6.45, 7) is 0.785. The number of halogens is 3. The Balaban J connectivity index is 2.25. The lowest BCUT2D eigenvalue weighted by atomic mass is 10.1. The molecule has 1 atom stereocenters. The molecule has 0 saturated heterocycles. The van der Waals surface area contributed by atoms with Gasteiger partial charge in [0.05, 0.1) is 12.1 Å². The number of ether oxygens (including phenoxy) is 1. The van der Waals surface area contributed by atoms with Crippen LogP contribution in [0.2, 0.25) is 0 Å². The summed E-state index contributed by atoms with van der Waals surface area (Å²) in [7, 11) is 0. The normalized spacial score (nSPS) is 19.6. The first-order valence-corrected chi connectivity index (χ1v) is 5.60. The Morgan fingerprint density at radius 1 is 1.33 bits per heavy atom. The first kappa shape index (κ1) is 12.9. The largest absolute Gasteiger partial charge is 0.472 e. The topological polar surface area (TPSA) is 47.6 Å². The molecule has 1 aromatic carbocycles. The molecule has 6 heteroatoms. The summed E-state index contributed by atoms with van der Waals surface area (Å²) in [5.41, 5.74) is 4.65. The fourth-order valence-electron chi connectivity index (χ4n) is 1.82. The molecule has 1 heterocycles. The third-order valence-corrected chi connectivity index (χ3v) is 2.67. The van der Waals surface area contributed by atoms with Gasteiger partial charge in [-0.1, -0.05) is 12.1 Å². The highest BCUT2D eigenvalue weighted by Crippen LogP contribution is 2.33. The van der Waals surface area contributed by atoms with Gasteiger partial charge >= 0.3 is 6.18 Å². The van der Waals surface area contributed by atoms with Crippen LogP contribution in [0.3, 0.4) is 0 Å². The molecule has 0 aromatic heterocycles. The van der Waals surface area contributed by atoms with E-state index in [2.05, 4.69) is 4.99 Å². The van der Waals surface area contributed by atoms with Gasteiger partial charge in [0.2, 0.25) is 5.90 Å². The minimum atomic E-state index is -4.41. The van der Waals surface area contributed by atoms with Crippen molar-refractivity contribution < 1.29 is 17.9 Å². The van der Waals surface area contributed by atoms with Gasteiger partial charge in [-0.2, -0.15) is 13.2 Å². The summed E-state index contributed by atoms with van der Waals surface area (Å²) < 4.78 is 43.8. The number of nitrogens with zero attached hydrogens (tertiary/aromatic N) is 1. The zero-order chi connectivity index (χ0) is 13.2. The summed E-state index contributed by atoms with van der Waals surface area (Å²) >= 11 is 0. The van der Waals surface area contributed by atoms with Crippen molar-refractivity contribution in [1.29, 1.82) is 0 Å². The second-order valence-electron chi connectivity index (χ2n) is 4.01. The van der Waals surface area contributed by atoms with E-state index in [0.29, 0.717) is 19.5 Å². The van der Waals surface area contributed by atoms with E-state index in [9.17, 15) is 13.2 Å². The summed E-state index contributed by atoms with van der Waals surface area (Å²) in [6.07, 6.45) is -4.04. The van der Waals surface area contributed by atoms with Crippen molar-refractivity contribution in [2.24, 2.45) is 10.7 Å². The maximum absolute atomic E-state index is 12.8. The minimum absolute atomic E-state index is 0.00970. The van der Waals surface area contributed by atoms with Crippen molar-refractivity contribution in [3.63, 3.8) is 0 Å². The minimum Gasteiger partial charge on any atom is -0.472 e. The number of rotatable bonds is 3. The van der Waals surface area contributed by atoms with Crippen molar-refractivity contribution in [3.05, 3.63) is 35.4 Å². The van der Waals surface area contributed by atoms with E-state index in [1.807, 2.05) is 0 Å². The van der Waals surface area contributed by atoms with Crippen LogP contribution in [0.15, 0.2) is 29.3 Å². The van der Waals surface area contributed by atoms with Crippen LogP contribution in [0.4, 0.5) is 13.2 Å². The van der Waals surface area contributed by atoms with E-state index < -0.39 is 11.7 Å². The molecule has 1 aliphatic rings. The van der Waals surface area contributed by atoms with Crippen molar-refractivity contribution >= 4 is 5.90 Å². The molecular formula is C12H13F3N2O. The van der Waals surface area contributed by atoms with E-state index in [1.165, 1.54) is 18.2 Å². The molecular weight excluding hydrogens is 245 g/mol. The fourth-order valence-corrected chi connectivity index (χ4v) is 1.82. The molecule has 0 saturated carbocycles. The van der Waals surface area contributed by atoms with Crippen LogP contribution < -0.4 is 5.73 Å². The predicted octanol–water partition coefficient (Wildman–Crippen LogP) is 2.20. The Hall–Kier alpha value is -1.56. The van der Waals surface area contributed by atoms with Crippen molar-refractivity contribution in [2.75, 3.05) is 13.1 Å². The first-order valence-electron chi connectivity index (χ1n) is 5.60. The smallest absolute Gasteiger partial charge is 0.417 e. The zero-order valence-corrected chi connectivity index (χ0v) is 9.57. The second kappa shape index (κ2) is 4.97. The maximum Gasteiger partial charge on any atom is 0.417 e. The number of aliphatic imine (C=N–C) groups is 1. The van der Waals surface area contributed by atoms with Gasteiger partial charge < -0.3 is 10.5 Å². The Kier molecular flexibility index (Phi) is 3.56. The lowest BCUT2D eigenvalue weighted by Gasteiger charge is -2.14. The van der Waals surface area contributed by atoms with Gasteiger partial charge in [-0.25, -0.2) is 4.99 Å². The van der Waals surface area contributed by atoms with Crippen LogP contribution in [0, 0.1) is 0 Å². The molecule has 2 rings (SSSR count). The van der Waals surface area contributed by atoms with Crippen LogP contribution in [0.1, 0.15) is 17.5 Å². The molecule has 18 heavy (non-hydrogen) atoms. The molecule has 0 aliphatic carbocycles. The highest BCUT2D eigenvalue weighted by Gasteiger charge is 2.35. The average Bonchev–Trinajstić information content (AvgIpc) is 2.77. The molecule has 2 N–H and O–H groups in total. The van der Waals surface area contributed by atoms with E-state index in [4.69, 9.17) is 10.5 Å². The molecule has 3 nitrogen and oxygen atoms in total. The number of alkyl halides is 3. The lowest BCUT2D eigenvalue weighted by molar-refractivity contribution is -0.137. The molecule has 98 valence electrons. The SMILES string of the molecule is NCCC1CN=C(c2ccccc2C(F)(F)F)O1. The summed E-state index contributed by atoms with van der Waals surface area (Å²) in [4.78, 5) is 4.02. The molecule has 1 aliphatic heterocycles. The van der Waals surface area contributed by atoms with Gasteiger partial charge in [0.1, 0.15) is 6.10 Å². The maximum atomic E-state index is 12.8. The van der Waals surface area contributed by atoms with Gasteiger partial charge in [-0.05, 0) is 25.1 Å². The van der Waals surface area contributed by atoms with Crippen molar-refractivity contribution in [2.45, 2.75) is 18.7 Å². The summed E-state index contributed by atoms with van der Waals surface area (Å²) in [6, 6.07) is 5.27. The molecule has 1 aromatic rings. The first-order chi connectivity index (χ1) is 8.52. The van der Waals surface area contributed by atoms with E-state index >= 15 is 0 Å². The molecule has 0 bridgehead atoms. The van der Waals surface area contributed by atoms with Gasteiger partial charge in [0, 0.05) is 5.56 Å². The highest BCUT2D eigenvalue weighted by molar-refractivity contribution is 5.96. The van der Waals surface area contributed by atoms with E-state index in [0.717, 1.165) is 6.07 Å². The van der Waals surface area contributed by atoms with Crippen molar-refractivity contribution in [1.82, 2.24) is 0 Å². The summed E-state index contributed by atoms with van der Waals surface area (Å²) in [5.74, 6) is 0.0568. The Morgan fingerprint density at radius 2 is 2.06 bits per heavy atom. The number of hydrogen-bond acceptors (Lipinski definition) is 3. The van der Waals surface area contributed by atoms with Crippen molar-refractivity contribution in [3.8, 4) is 0 Å². The van der Waals surface area contributed by atoms with Gasteiger partial charge in [-0.3, -0.25) is 0 Å². The van der Waals surface area contributed by atoms with E-state index in [1.54, 1.807) is 0 Å². The van der Waals surface area contributed by atoms with Crippen LogP contribution in [0.5, 0.6) is 0 Å². The Bertz CT molecular complexity index is 457. The molecule has 0 amide bonds. The van der Waals surface area contributed by atoms with Crippen LogP contribution in [0.25, 0.3) is 0 Å². The van der Waals surface area contributed by atoms with Crippen LogP contribution in [-0.2, 0) is 10.9 Å². The fraction of sp³-hybridized carbons (Fsp3) is 0.417. The quantitative estimate of drug-likeness (QED) is 0.903. The molecule has 0 spiro atoms. The number of hydrogen-bond donors (Lipinski definition) is 1. The number of benzene rings is 1. The Morgan fingerprint density at radius 3 is 2.72 bits per heavy atom. The van der Waals surface area contributed by atoms with Gasteiger partial charge in [-0.15, -0.1) is 0 Å². The zero-order valence-electron chi connectivity index (χ0n) is 9.57. The molecule has 0 radical (unpaired) electrons. The monoisotopic (exact) mass is 258 g/mol. The lowest BCUT2D eigenvalue weighted by Crippen LogP contribution is -2.19. The van der Waals surface area contributed by atoms with Gasteiger partial charge in [0.15, 0.2) is 0 Å². The second-order valence-corrected chi connectivity index (χ2v) is 4.01. The third-order valence-electron chi connectivity index (χ3n) is 2.67. The third kappa shape index (κ3) is 2.64. The summed E-state index contributed by atoms with van der Waals surface area (Å²) in [5, 5.41) is 0. The van der Waals surface area contributed by atoms with Crippen LogP contribution in [-0.4, -0.2) is 25.1 Å². The standard InChI is InChI=1S/C12H13F3N2O/c13-12(14,15)10-4-2-1-3-9(10)11-17-7-8(18-11)5-6-16/h1-4,8H,5-7,16H2. The Labute approximate surface area is 102 Å². The number of nitrogens with two attached hydrogens (primary N) is 1. The predicted molar refractivity (Wildman–Crippen MR) is 61.4 cm³/mol. The van der Waals surface area contributed by atoms with Gasteiger partial charge in [0.25, 0.3) is 0 Å². The van der Waals surface area contributed by atoms with Crippen LogP contribution >= 0.6 is 0 Å². The molecule has 0 fully saturated rings. The average molecular weight is 258 g/mol. The van der Waals surface area contributed by atoms with E-state index in [-0.39, 0.29) is 17.6 Å².